The lowest BCUT2D eigenvalue weighted by atomic mass is 10.1. The summed E-state index contributed by atoms with van der Waals surface area (Å²) in [5.74, 6) is -0.0370. The fourth-order valence-corrected chi connectivity index (χ4v) is 1.99. The van der Waals surface area contributed by atoms with Gasteiger partial charge in [-0.25, -0.2) is 4.79 Å². The molecule has 2 N–H and O–H groups in total. The van der Waals surface area contributed by atoms with E-state index in [2.05, 4.69) is 15.7 Å². The van der Waals surface area contributed by atoms with Gasteiger partial charge in [0.25, 0.3) is 0 Å². The average Bonchev–Trinajstić information content (AvgIpc) is 2.75. The van der Waals surface area contributed by atoms with Crippen molar-refractivity contribution in [3.63, 3.8) is 0 Å². The molecule has 1 aromatic carbocycles. The van der Waals surface area contributed by atoms with Gasteiger partial charge in [0.1, 0.15) is 0 Å². The molecule has 6 nitrogen and oxygen atoms in total. The van der Waals surface area contributed by atoms with Crippen molar-refractivity contribution in [1.29, 1.82) is 0 Å². The second-order valence-electron chi connectivity index (χ2n) is 4.86. The van der Waals surface area contributed by atoms with Crippen LogP contribution in [-0.2, 0) is 13.6 Å². The van der Waals surface area contributed by atoms with E-state index in [4.69, 9.17) is 0 Å². The zero-order valence-corrected chi connectivity index (χ0v) is 12.3. The first-order valence-electron chi connectivity index (χ1n) is 6.60. The molecule has 0 atom stereocenters. The van der Waals surface area contributed by atoms with E-state index in [0.717, 1.165) is 11.3 Å². The van der Waals surface area contributed by atoms with E-state index < -0.39 is 0 Å². The molecule has 2 aromatic rings. The first kappa shape index (κ1) is 14.8. The number of amides is 2. The van der Waals surface area contributed by atoms with Gasteiger partial charge in [0.05, 0.1) is 5.69 Å². The zero-order valence-electron chi connectivity index (χ0n) is 12.3. The van der Waals surface area contributed by atoms with Crippen molar-refractivity contribution in [2.75, 3.05) is 5.32 Å². The molecule has 0 saturated heterocycles. The molecule has 0 bridgehead atoms. The second kappa shape index (κ2) is 6.21. The molecule has 0 saturated carbocycles. The van der Waals surface area contributed by atoms with Crippen molar-refractivity contribution in [3.8, 4) is 0 Å². The number of carbonyl (C=O) groups is 2. The van der Waals surface area contributed by atoms with Crippen molar-refractivity contribution in [1.82, 2.24) is 15.1 Å². The number of aromatic nitrogens is 2. The van der Waals surface area contributed by atoms with Gasteiger partial charge in [0.15, 0.2) is 5.78 Å². The molecule has 0 radical (unpaired) electrons. The van der Waals surface area contributed by atoms with Gasteiger partial charge in [-0.2, -0.15) is 5.10 Å². The van der Waals surface area contributed by atoms with E-state index >= 15 is 0 Å². The first-order valence-corrected chi connectivity index (χ1v) is 6.60. The monoisotopic (exact) mass is 286 g/mol. The molecule has 0 aliphatic rings. The standard InChI is InChI=1S/C15H18N4O2/c1-10-13(9-19(3)18-10)8-16-15(21)17-14-6-4-5-12(7-14)11(2)20/h4-7,9H,8H2,1-3H3,(H2,16,17,21). The number of hydrogen-bond acceptors (Lipinski definition) is 3. The Hall–Kier alpha value is -2.63. The summed E-state index contributed by atoms with van der Waals surface area (Å²) in [7, 11) is 1.84. The van der Waals surface area contributed by atoms with Crippen LogP contribution in [-0.4, -0.2) is 21.6 Å². The van der Waals surface area contributed by atoms with Gasteiger partial charge in [0.2, 0.25) is 0 Å². The van der Waals surface area contributed by atoms with Gasteiger partial charge in [-0.3, -0.25) is 9.48 Å². The number of ketones is 1. The first-order chi connectivity index (χ1) is 9.95. The Morgan fingerprint density at radius 2 is 2.10 bits per heavy atom. The van der Waals surface area contributed by atoms with Gasteiger partial charge < -0.3 is 10.6 Å². The third-order valence-electron chi connectivity index (χ3n) is 3.08. The fourth-order valence-electron chi connectivity index (χ4n) is 1.99. The van der Waals surface area contributed by atoms with Crippen LogP contribution in [0.2, 0.25) is 0 Å². The quantitative estimate of drug-likeness (QED) is 0.846. The van der Waals surface area contributed by atoms with E-state index in [0.29, 0.717) is 17.8 Å². The summed E-state index contributed by atoms with van der Waals surface area (Å²) < 4.78 is 1.71. The predicted molar refractivity (Wildman–Crippen MR) is 80.2 cm³/mol. The van der Waals surface area contributed by atoms with Crippen LogP contribution in [0.4, 0.5) is 10.5 Å². The number of benzene rings is 1. The van der Waals surface area contributed by atoms with Gasteiger partial charge in [-0.15, -0.1) is 0 Å². The highest BCUT2D eigenvalue weighted by Gasteiger charge is 2.07. The Labute approximate surface area is 123 Å². The van der Waals surface area contributed by atoms with Gasteiger partial charge in [-0.1, -0.05) is 12.1 Å². The second-order valence-corrected chi connectivity index (χ2v) is 4.86. The number of urea groups is 1. The van der Waals surface area contributed by atoms with E-state index in [1.54, 1.807) is 28.9 Å². The van der Waals surface area contributed by atoms with Crippen LogP contribution in [0.5, 0.6) is 0 Å². The highest BCUT2D eigenvalue weighted by atomic mass is 16.2. The third-order valence-corrected chi connectivity index (χ3v) is 3.08. The third kappa shape index (κ3) is 3.92. The number of hydrogen-bond donors (Lipinski definition) is 2. The summed E-state index contributed by atoms with van der Waals surface area (Å²) in [6, 6.07) is 6.51. The van der Waals surface area contributed by atoms with Crippen LogP contribution in [0.3, 0.4) is 0 Å². The van der Waals surface area contributed by atoms with Crippen LogP contribution in [0.1, 0.15) is 28.5 Å². The number of anilines is 1. The maximum Gasteiger partial charge on any atom is 0.319 e. The average molecular weight is 286 g/mol. The minimum Gasteiger partial charge on any atom is -0.334 e. The van der Waals surface area contributed by atoms with E-state index in [1.807, 2.05) is 20.2 Å². The van der Waals surface area contributed by atoms with Gasteiger partial charge in [-0.05, 0) is 26.0 Å². The molecule has 0 unspecified atom stereocenters. The lowest BCUT2D eigenvalue weighted by Gasteiger charge is -2.08. The molecule has 1 aromatic heterocycles. The number of aryl methyl sites for hydroxylation is 2. The summed E-state index contributed by atoms with van der Waals surface area (Å²) in [4.78, 5) is 23.1. The summed E-state index contributed by atoms with van der Waals surface area (Å²) in [5, 5.41) is 9.68. The van der Waals surface area contributed by atoms with Crippen molar-refractivity contribution >= 4 is 17.5 Å². The molecule has 2 amide bonds. The van der Waals surface area contributed by atoms with E-state index in [9.17, 15) is 9.59 Å². The molecule has 0 spiro atoms. The number of nitrogens with zero attached hydrogens (tertiary/aromatic N) is 2. The predicted octanol–water partition coefficient (Wildman–Crippen LogP) is 2.25. The minimum atomic E-state index is -0.320. The highest BCUT2D eigenvalue weighted by Crippen LogP contribution is 2.11. The van der Waals surface area contributed by atoms with Crippen molar-refractivity contribution in [2.45, 2.75) is 20.4 Å². The molecule has 21 heavy (non-hydrogen) atoms. The topological polar surface area (TPSA) is 76.0 Å². The molecule has 110 valence electrons. The van der Waals surface area contributed by atoms with Crippen molar-refractivity contribution in [2.24, 2.45) is 7.05 Å². The lowest BCUT2D eigenvalue weighted by Crippen LogP contribution is -2.28. The fraction of sp³-hybridized carbons (Fsp3) is 0.267. The Balaban J connectivity index is 1.94. The smallest absolute Gasteiger partial charge is 0.319 e. The Morgan fingerprint density at radius 3 is 2.71 bits per heavy atom. The van der Waals surface area contributed by atoms with Gasteiger partial charge in [0, 0.05) is 36.6 Å². The molecule has 2 rings (SSSR count). The highest BCUT2D eigenvalue weighted by molar-refractivity contribution is 5.96. The molecule has 0 aliphatic carbocycles. The Bertz CT molecular complexity index is 676. The normalized spacial score (nSPS) is 10.2. The summed E-state index contributed by atoms with van der Waals surface area (Å²) in [5.41, 5.74) is 3.00. The van der Waals surface area contributed by atoms with Crippen LogP contribution in [0.25, 0.3) is 0 Å². The van der Waals surface area contributed by atoms with E-state index in [1.165, 1.54) is 6.92 Å². The SMILES string of the molecule is CC(=O)c1cccc(NC(=O)NCc2cn(C)nc2C)c1. The Morgan fingerprint density at radius 1 is 1.33 bits per heavy atom. The van der Waals surface area contributed by atoms with Crippen LogP contribution in [0.15, 0.2) is 30.5 Å². The number of nitrogens with one attached hydrogen (secondary N) is 2. The lowest BCUT2D eigenvalue weighted by molar-refractivity contribution is 0.101. The number of rotatable bonds is 4. The number of Topliss-reactive ketones (excluding diaryl/α,β-unsaturated/α-hetero) is 1. The molecule has 6 heteroatoms. The Kier molecular flexibility index (Phi) is 4.37. The van der Waals surface area contributed by atoms with Gasteiger partial charge >= 0.3 is 6.03 Å². The van der Waals surface area contributed by atoms with Crippen LogP contribution in [0, 0.1) is 6.92 Å². The van der Waals surface area contributed by atoms with Crippen LogP contribution < -0.4 is 10.6 Å². The molecular formula is C15H18N4O2. The maximum atomic E-state index is 11.9. The van der Waals surface area contributed by atoms with E-state index in [-0.39, 0.29) is 11.8 Å². The largest absolute Gasteiger partial charge is 0.334 e. The van der Waals surface area contributed by atoms with Crippen molar-refractivity contribution in [3.05, 3.63) is 47.3 Å². The molecule has 1 heterocycles. The zero-order chi connectivity index (χ0) is 15.4. The number of carbonyl (C=O) groups excluding carboxylic acids is 2. The molecule has 0 fully saturated rings. The molecule has 0 aliphatic heterocycles. The maximum absolute atomic E-state index is 11.9. The summed E-state index contributed by atoms with van der Waals surface area (Å²) in [6.07, 6.45) is 1.87. The molecular weight excluding hydrogens is 268 g/mol. The summed E-state index contributed by atoms with van der Waals surface area (Å²) >= 11 is 0. The minimum absolute atomic E-state index is 0.0370. The van der Waals surface area contributed by atoms with Crippen LogP contribution >= 0.6 is 0 Å². The summed E-state index contributed by atoms with van der Waals surface area (Å²) in [6.45, 7) is 3.79. The van der Waals surface area contributed by atoms with Crippen molar-refractivity contribution < 1.29 is 9.59 Å².